The fourth-order valence-corrected chi connectivity index (χ4v) is 2.63. The summed E-state index contributed by atoms with van der Waals surface area (Å²) >= 11 is 1.12. The van der Waals surface area contributed by atoms with Crippen molar-refractivity contribution in [2.45, 2.75) is 4.90 Å². The van der Waals surface area contributed by atoms with Crippen LogP contribution in [-0.4, -0.2) is 19.3 Å². The number of nitrogens with two attached hydrogens (primary N) is 2. The Hall–Kier alpha value is -1.97. The molecule has 1 aromatic heterocycles. The van der Waals surface area contributed by atoms with E-state index in [1.54, 1.807) is 6.07 Å². The molecule has 0 aliphatic heterocycles. The number of para-hydroxylation sites is 1. The van der Waals surface area contributed by atoms with E-state index in [-0.39, 0.29) is 21.4 Å². The van der Waals surface area contributed by atoms with E-state index in [9.17, 15) is 13.2 Å². The second-order valence-corrected chi connectivity index (χ2v) is 5.99. The quantitative estimate of drug-likeness (QED) is 0.765. The molecule has 19 heavy (non-hydrogen) atoms. The average Bonchev–Trinajstić information content (AvgIpc) is 2.75. The lowest BCUT2D eigenvalue weighted by atomic mass is 10.3. The van der Waals surface area contributed by atoms with Gasteiger partial charge in [0, 0.05) is 5.38 Å². The van der Waals surface area contributed by atoms with E-state index in [2.05, 4.69) is 10.3 Å². The van der Waals surface area contributed by atoms with E-state index in [0.29, 0.717) is 0 Å². The Morgan fingerprint density at radius 2 is 2.00 bits per heavy atom. The number of rotatable bonds is 3. The van der Waals surface area contributed by atoms with Crippen molar-refractivity contribution in [1.29, 1.82) is 0 Å². The van der Waals surface area contributed by atoms with E-state index >= 15 is 0 Å². The van der Waals surface area contributed by atoms with Gasteiger partial charge in [0.15, 0.2) is 5.13 Å². The van der Waals surface area contributed by atoms with Crippen LogP contribution in [0, 0.1) is 0 Å². The number of hydrogen-bond acceptors (Lipinski definition) is 6. The van der Waals surface area contributed by atoms with Crippen LogP contribution in [0.4, 0.5) is 10.8 Å². The fraction of sp³-hybridized carbons (Fsp3) is 0. The minimum atomic E-state index is -3.91. The predicted octanol–water partition coefficient (Wildman–Crippen LogP) is 0.625. The van der Waals surface area contributed by atoms with Crippen LogP contribution in [0.5, 0.6) is 0 Å². The van der Waals surface area contributed by atoms with Gasteiger partial charge in [-0.15, -0.1) is 11.3 Å². The van der Waals surface area contributed by atoms with Crippen molar-refractivity contribution in [3.05, 3.63) is 35.3 Å². The summed E-state index contributed by atoms with van der Waals surface area (Å²) in [5.41, 5.74) is 5.64. The lowest BCUT2D eigenvalue weighted by Gasteiger charge is -2.08. The zero-order chi connectivity index (χ0) is 14.0. The Morgan fingerprint density at radius 3 is 2.58 bits per heavy atom. The molecule has 0 radical (unpaired) electrons. The maximum Gasteiger partial charge on any atom is 0.275 e. The monoisotopic (exact) mass is 298 g/mol. The number of nitrogens with one attached hydrogen (secondary N) is 1. The van der Waals surface area contributed by atoms with Crippen LogP contribution >= 0.6 is 11.3 Å². The van der Waals surface area contributed by atoms with Crippen LogP contribution < -0.4 is 16.2 Å². The maximum atomic E-state index is 11.8. The Kier molecular flexibility index (Phi) is 3.51. The summed E-state index contributed by atoms with van der Waals surface area (Å²) in [6.07, 6.45) is 0. The third-order valence-corrected chi connectivity index (χ3v) is 3.84. The molecule has 0 fully saturated rings. The fourth-order valence-electron chi connectivity index (χ4n) is 1.40. The first kappa shape index (κ1) is 13.5. The number of carbonyl (C=O) groups excluding carboxylic acids is 1. The summed E-state index contributed by atoms with van der Waals surface area (Å²) in [4.78, 5) is 15.5. The molecule has 0 saturated carbocycles. The molecule has 0 spiro atoms. The van der Waals surface area contributed by atoms with Gasteiger partial charge in [-0.3, -0.25) is 4.79 Å². The molecule has 0 saturated heterocycles. The van der Waals surface area contributed by atoms with E-state index in [0.717, 1.165) is 11.3 Å². The van der Waals surface area contributed by atoms with Crippen molar-refractivity contribution in [2.75, 3.05) is 11.1 Å². The van der Waals surface area contributed by atoms with Gasteiger partial charge in [0.25, 0.3) is 5.91 Å². The van der Waals surface area contributed by atoms with Crippen molar-refractivity contribution in [3.63, 3.8) is 0 Å². The molecule has 0 atom stereocenters. The molecule has 2 rings (SSSR count). The summed E-state index contributed by atoms with van der Waals surface area (Å²) < 4.78 is 22.7. The summed E-state index contributed by atoms with van der Waals surface area (Å²) in [5, 5.41) is 9.23. The molecule has 0 bridgehead atoms. The zero-order valence-electron chi connectivity index (χ0n) is 9.53. The highest BCUT2D eigenvalue weighted by Gasteiger charge is 2.17. The highest BCUT2D eigenvalue weighted by atomic mass is 32.2. The van der Waals surface area contributed by atoms with Gasteiger partial charge in [0.2, 0.25) is 10.0 Å². The van der Waals surface area contributed by atoms with Crippen molar-refractivity contribution in [1.82, 2.24) is 4.98 Å². The number of primary sulfonamides is 1. The molecule has 7 nitrogen and oxygen atoms in total. The highest BCUT2D eigenvalue weighted by molar-refractivity contribution is 7.89. The van der Waals surface area contributed by atoms with Crippen LogP contribution in [0.1, 0.15) is 10.5 Å². The predicted molar refractivity (Wildman–Crippen MR) is 72.3 cm³/mol. The Labute approximate surface area is 113 Å². The van der Waals surface area contributed by atoms with Gasteiger partial charge in [0.1, 0.15) is 10.6 Å². The number of sulfonamides is 1. The minimum Gasteiger partial charge on any atom is -0.375 e. The molecule has 0 aliphatic carbocycles. The van der Waals surface area contributed by atoms with Crippen LogP contribution in [0.25, 0.3) is 0 Å². The van der Waals surface area contributed by atoms with Gasteiger partial charge >= 0.3 is 0 Å². The smallest absolute Gasteiger partial charge is 0.275 e. The normalized spacial score (nSPS) is 11.2. The largest absolute Gasteiger partial charge is 0.375 e. The van der Waals surface area contributed by atoms with Crippen molar-refractivity contribution in [3.8, 4) is 0 Å². The average molecular weight is 298 g/mol. The second-order valence-electron chi connectivity index (χ2n) is 3.57. The molecule has 2 aromatic rings. The molecular formula is C10H10N4O3S2. The number of carbonyl (C=O) groups is 1. The van der Waals surface area contributed by atoms with Gasteiger partial charge in [0.05, 0.1) is 5.69 Å². The van der Waals surface area contributed by atoms with Crippen molar-refractivity contribution in [2.24, 2.45) is 5.14 Å². The first-order chi connectivity index (χ1) is 8.88. The molecular weight excluding hydrogens is 288 g/mol. The van der Waals surface area contributed by atoms with Crippen molar-refractivity contribution < 1.29 is 13.2 Å². The SMILES string of the molecule is Nc1nc(C(=O)Nc2ccccc2S(N)(=O)=O)cs1. The number of anilines is 2. The van der Waals surface area contributed by atoms with Crippen LogP contribution in [0.2, 0.25) is 0 Å². The van der Waals surface area contributed by atoms with Crippen LogP contribution in [-0.2, 0) is 10.0 Å². The Morgan fingerprint density at radius 1 is 1.32 bits per heavy atom. The van der Waals surface area contributed by atoms with Gasteiger partial charge in [-0.1, -0.05) is 12.1 Å². The van der Waals surface area contributed by atoms with Crippen molar-refractivity contribution >= 4 is 38.1 Å². The number of nitrogens with zero attached hydrogens (tertiary/aromatic N) is 1. The zero-order valence-corrected chi connectivity index (χ0v) is 11.2. The summed E-state index contributed by atoms with van der Waals surface area (Å²) in [6.45, 7) is 0. The van der Waals surface area contributed by atoms with E-state index < -0.39 is 15.9 Å². The minimum absolute atomic E-state index is 0.0987. The maximum absolute atomic E-state index is 11.8. The number of amides is 1. The summed E-state index contributed by atoms with van der Waals surface area (Å²) in [6, 6.07) is 5.84. The van der Waals surface area contributed by atoms with Crippen LogP contribution in [0.3, 0.4) is 0 Å². The summed E-state index contributed by atoms with van der Waals surface area (Å²) in [5.74, 6) is -0.552. The number of thiazole rings is 1. The first-order valence-electron chi connectivity index (χ1n) is 5.02. The molecule has 1 amide bonds. The van der Waals surface area contributed by atoms with Gasteiger partial charge < -0.3 is 11.1 Å². The third kappa shape index (κ3) is 3.08. The van der Waals surface area contributed by atoms with E-state index in [1.165, 1.54) is 23.6 Å². The summed E-state index contributed by atoms with van der Waals surface area (Å²) in [7, 11) is -3.91. The van der Waals surface area contributed by atoms with Crippen LogP contribution in [0.15, 0.2) is 34.5 Å². The Balaban J connectivity index is 2.32. The van der Waals surface area contributed by atoms with Gasteiger partial charge in [-0.05, 0) is 12.1 Å². The van der Waals surface area contributed by atoms with E-state index in [4.69, 9.17) is 10.9 Å². The van der Waals surface area contributed by atoms with Gasteiger partial charge in [-0.25, -0.2) is 18.5 Å². The molecule has 0 aliphatic rings. The van der Waals surface area contributed by atoms with E-state index in [1.807, 2.05) is 0 Å². The molecule has 100 valence electrons. The highest BCUT2D eigenvalue weighted by Crippen LogP contribution is 2.20. The van der Waals surface area contributed by atoms with Gasteiger partial charge in [-0.2, -0.15) is 0 Å². The lowest BCUT2D eigenvalue weighted by Crippen LogP contribution is -2.18. The molecule has 0 unspecified atom stereocenters. The number of nitrogen functional groups attached to an aromatic ring is 1. The lowest BCUT2D eigenvalue weighted by molar-refractivity contribution is 0.102. The molecule has 1 heterocycles. The number of hydrogen-bond donors (Lipinski definition) is 3. The molecule has 5 N–H and O–H groups in total. The third-order valence-electron chi connectivity index (χ3n) is 2.20. The second kappa shape index (κ2) is 4.96. The number of benzene rings is 1. The Bertz CT molecular complexity index is 724. The molecule has 1 aromatic carbocycles. The first-order valence-corrected chi connectivity index (χ1v) is 7.44. The molecule has 9 heteroatoms. The topological polar surface area (TPSA) is 128 Å². The number of aromatic nitrogens is 1. The standard InChI is InChI=1S/C10H10N4O3S2/c11-10-14-7(5-18-10)9(15)13-6-3-1-2-4-8(6)19(12,16)17/h1-5H,(H2,11,14)(H,13,15)(H2,12,16,17).